The van der Waals surface area contributed by atoms with E-state index in [9.17, 15) is 9.59 Å². The number of rotatable bonds is 7. The van der Waals surface area contributed by atoms with Gasteiger partial charge < -0.3 is 15.4 Å². The quantitative estimate of drug-likeness (QED) is 0.784. The summed E-state index contributed by atoms with van der Waals surface area (Å²) in [5.41, 5.74) is 1.85. The number of ether oxygens (including phenoxy) is 1. The molecule has 0 unspecified atom stereocenters. The second-order valence-electron chi connectivity index (χ2n) is 5.03. The predicted octanol–water partition coefficient (Wildman–Crippen LogP) is 0.808. The molecule has 7 heteroatoms. The summed E-state index contributed by atoms with van der Waals surface area (Å²) in [5, 5.41) is 5.29. The van der Waals surface area contributed by atoms with Crippen molar-refractivity contribution in [2.75, 3.05) is 27.3 Å². The van der Waals surface area contributed by atoms with Crippen LogP contribution in [0.4, 0.5) is 0 Å². The van der Waals surface area contributed by atoms with Crippen molar-refractivity contribution < 1.29 is 14.3 Å². The van der Waals surface area contributed by atoms with E-state index in [2.05, 4.69) is 20.6 Å². The smallest absolute Gasteiger partial charge is 0.254 e. The maximum absolute atomic E-state index is 12.0. The summed E-state index contributed by atoms with van der Waals surface area (Å²) in [6.07, 6.45) is 1.93. The van der Waals surface area contributed by atoms with E-state index in [0.29, 0.717) is 30.0 Å². The molecule has 1 aromatic carbocycles. The van der Waals surface area contributed by atoms with E-state index in [-0.39, 0.29) is 18.4 Å². The third-order valence-electron chi connectivity index (χ3n) is 3.33. The first-order chi connectivity index (χ1) is 11.7. The van der Waals surface area contributed by atoms with Crippen molar-refractivity contribution in [3.63, 3.8) is 0 Å². The van der Waals surface area contributed by atoms with Crippen molar-refractivity contribution in [1.82, 2.24) is 20.6 Å². The van der Waals surface area contributed by atoms with Gasteiger partial charge >= 0.3 is 0 Å². The number of hydrogen-bond acceptors (Lipinski definition) is 5. The van der Waals surface area contributed by atoms with Crippen molar-refractivity contribution in [1.29, 1.82) is 0 Å². The van der Waals surface area contributed by atoms with Crippen molar-refractivity contribution in [3.8, 4) is 11.4 Å². The molecule has 0 fully saturated rings. The molecular formula is C17H20N4O3. The highest BCUT2D eigenvalue weighted by atomic mass is 16.5. The number of methoxy groups -OCH3 is 1. The molecule has 2 amide bonds. The summed E-state index contributed by atoms with van der Waals surface area (Å²) in [4.78, 5) is 32.2. The molecule has 0 bridgehead atoms. The normalized spacial score (nSPS) is 10.2. The van der Waals surface area contributed by atoms with Gasteiger partial charge in [-0.2, -0.15) is 0 Å². The van der Waals surface area contributed by atoms with E-state index < -0.39 is 0 Å². The fraction of sp³-hybridized carbons (Fsp3) is 0.294. The maximum Gasteiger partial charge on any atom is 0.254 e. The largest absolute Gasteiger partial charge is 0.375 e. The van der Waals surface area contributed by atoms with Crippen LogP contribution in [0.15, 0.2) is 36.5 Å². The lowest BCUT2D eigenvalue weighted by Crippen LogP contribution is -2.30. The lowest BCUT2D eigenvalue weighted by Gasteiger charge is -2.10. The standard InChI is InChI=1S/C17H20N4O3/c1-18-17(23)13-10-20-16(12-6-4-3-5-7-12)21-14(13)8-9-19-15(22)11-24-2/h3-7,10H,8-9,11H2,1-2H3,(H,18,23)(H,19,22). The van der Waals surface area contributed by atoms with E-state index >= 15 is 0 Å². The van der Waals surface area contributed by atoms with Crippen LogP contribution in [0, 0.1) is 0 Å². The van der Waals surface area contributed by atoms with E-state index in [1.54, 1.807) is 7.05 Å². The van der Waals surface area contributed by atoms with Crippen molar-refractivity contribution in [2.45, 2.75) is 6.42 Å². The molecule has 2 rings (SSSR count). The van der Waals surface area contributed by atoms with Crippen LogP contribution >= 0.6 is 0 Å². The maximum atomic E-state index is 12.0. The summed E-state index contributed by atoms with van der Waals surface area (Å²) < 4.78 is 4.76. The highest BCUT2D eigenvalue weighted by Gasteiger charge is 2.14. The van der Waals surface area contributed by atoms with Crippen LogP contribution in [0.5, 0.6) is 0 Å². The molecule has 2 N–H and O–H groups in total. The Hall–Kier alpha value is -2.80. The van der Waals surface area contributed by atoms with E-state index in [4.69, 9.17) is 4.74 Å². The minimum absolute atomic E-state index is 0.00133. The summed E-state index contributed by atoms with van der Waals surface area (Å²) in [7, 11) is 3.01. The second kappa shape index (κ2) is 8.73. The molecular weight excluding hydrogens is 308 g/mol. The first-order valence-corrected chi connectivity index (χ1v) is 7.54. The lowest BCUT2D eigenvalue weighted by molar-refractivity contribution is -0.124. The number of nitrogens with zero attached hydrogens (tertiary/aromatic N) is 2. The molecule has 0 saturated carbocycles. The van der Waals surface area contributed by atoms with Crippen molar-refractivity contribution in [3.05, 3.63) is 47.8 Å². The Bertz CT molecular complexity index is 704. The van der Waals surface area contributed by atoms with Gasteiger partial charge in [0.1, 0.15) is 6.61 Å². The molecule has 0 spiro atoms. The Kier molecular flexibility index (Phi) is 6.39. The third-order valence-corrected chi connectivity index (χ3v) is 3.33. The van der Waals surface area contributed by atoms with Gasteiger partial charge in [-0.25, -0.2) is 9.97 Å². The molecule has 0 aliphatic rings. The molecule has 126 valence electrons. The Morgan fingerprint density at radius 1 is 1.21 bits per heavy atom. The number of amides is 2. The van der Waals surface area contributed by atoms with E-state index in [0.717, 1.165) is 5.56 Å². The Morgan fingerprint density at radius 2 is 1.96 bits per heavy atom. The van der Waals surface area contributed by atoms with Gasteiger partial charge in [0.2, 0.25) is 5.91 Å². The summed E-state index contributed by atoms with van der Waals surface area (Å²) in [6.45, 7) is 0.360. The highest BCUT2D eigenvalue weighted by Crippen LogP contribution is 2.16. The van der Waals surface area contributed by atoms with Crippen LogP contribution in [0.3, 0.4) is 0 Å². The van der Waals surface area contributed by atoms with Gasteiger partial charge in [0.15, 0.2) is 5.82 Å². The van der Waals surface area contributed by atoms with E-state index in [1.807, 2.05) is 30.3 Å². The monoisotopic (exact) mass is 328 g/mol. The molecule has 0 atom stereocenters. The van der Waals surface area contributed by atoms with Crippen molar-refractivity contribution >= 4 is 11.8 Å². The van der Waals surface area contributed by atoms with Crippen LogP contribution in [0.2, 0.25) is 0 Å². The zero-order valence-electron chi connectivity index (χ0n) is 13.7. The summed E-state index contributed by atoms with van der Waals surface area (Å²) in [6, 6.07) is 9.51. The summed E-state index contributed by atoms with van der Waals surface area (Å²) in [5.74, 6) is 0.0747. The average molecular weight is 328 g/mol. The van der Waals surface area contributed by atoms with Crippen LogP contribution in [-0.2, 0) is 16.0 Å². The zero-order valence-corrected chi connectivity index (χ0v) is 13.7. The SMILES string of the molecule is CNC(=O)c1cnc(-c2ccccc2)nc1CCNC(=O)COC. The third kappa shape index (κ3) is 4.60. The summed E-state index contributed by atoms with van der Waals surface area (Å²) >= 11 is 0. The van der Waals surface area contributed by atoms with Gasteiger partial charge in [-0.05, 0) is 0 Å². The number of hydrogen-bond donors (Lipinski definition) is 2. The minimum atomic E-state index is -0.257. The Labute approximate surface area is 140 Å². The molecule has 0 aliphatic heterocycles. The van der Waals surface area contributed by atoms with Gasteiger partial charge in [0.25, 0.3) is 5.91 Å². The van der Waals surface area contributed by atoms with Gasteiger partial charge in [-0.15, -0.1) is 0 Å². The highest BCUT2D eigenvalue weighted by molar-refractivity contribution is 5.95. The van der Waals surface area contributed by atoms with E-state index in [1.165, 1.54) is 13.3 Å². The van der Waals surface area contributed by atoms with Crippen molar-refractivity contribution in [2.24, 2.45) is 0 Å². The molecule has 7 nitrogen and oxygen atoms in total. The number of carbonyl (C=O) groups is 2. The first kappa shape index (κ1) is 17.6. The second-order valence-corrected chi connectivity index (χ2v) is 5.03. The number of aromatic nitrogens is 2. The van der Waals surface area contributed by atoms with Gasteiger partial charge in [-0.3, -0.25) is 9.59 Å². The topological polar surface area (TPSA) is 93.2 Å². The molecule has 0 saturated heterocycles. The molecule has 0 aliphatic carbocycles. The Morgan fingerprint density at radius 3 is 2.62 bits per heavy atom. The number of carbonyl (C=O) groups excluding carboxylic acids is 2. The molecule has 24 heavy (non-hydrogen) atoms. The lowest BCUT2D eigenvalue weighted by atomic mass is 10.1. The minimum Gasteiger partial charge on any atom is -0.375 e. The van der Waals surface area contributed by atoms with Gasteiger partial charge in [0, 0.05) is 38.9 Å². The molecule has 1 aromatic heterocycles. The number of nitrogens with one attached hydrogen (secondary N) is 2. The Balaban J connectivity index is 2.21. The predicted molar refractivity (Wildman–Crippen MR) is 89.4 cm³/mol. The van der Waals surface area contributed by atoms with Crippen LogP contribution < -0.4 is 10.6 Å². The molecule has 1 heterocycles. The first-order valence-electron chi connectivity index (χ1n) is 7.54. The average Bonchev–Trinajstić information content (AvgIpc) is 2.62. The van der Waals surface area contributed by atoms with Gasteiger partial charge in [-0.1, -0.05) is 30.3 Å². The molecule has 0 radical (unpaired) electrons. The number of benzene rings is 1. The fourth-order valence-electron chi connectivity index (χ4n) is 2.16. The van der Waals surface area contributed by atoms with Crippen LogP contribution in [0.1, 0.15) is 16.1 Å². The zero-order chi connectivity index (χ0) is 17.4. The fourth-order valence-corrected chi connectivity index (χ4v) is 2.16. The molecule has 2 aromatic rings. The van der Waals surface area contributed by atoms with Gasteiger partial charge in [0.05, 0.1) is 11.3 Å². The van der Waals surface area contributed by atoms with Crippen LogP contribution in [-0.4, -0.2) is 49.1 Å². The van der Waals surface area contributed by atoms with Crippen LogP contribution in [0.25, 0.3) is 11.4 Å².